The van der Waals surface area contributed by atoms with Gasteiger partial charge in [-0.3, -0.25) is 9.59 Å². The summed E-state index contributed by atoms with van der Waals surface area (Å²) in [4.78, 5) is 24.0. The highest BCUT2D eigenvalue weighted by Crippen LogP contribution is 2.13. The van der Waals surface area contributed by atoms with Gasteiger partial charge >= 0.3 is 11.9 Å². The number of aliphatic hydroxyl groups is 1. The zero-order valence-corrected chi connectivity index (χ0v) is 27.3. The third-order valence-corrected chi connectivity index (χ3v) is 7.81. The average molecular weight is 581 g/mol. The summed E-state index contributed by atoms with van der Waals surface area (Å²) in [6, 6.07) is 0. The second-order valence-corrected chi connectivity index (χ2v) is 12.0. The largest absolute Gasteiger partial charge is 0.462 e. The minimum atomic E-state index is -0.763. The maximum Gasteiger partial charge on any atom is 0.306 e. The Kier molecular flexibility index (Phi) is 32.0. The van der Waals surface area contributed by atoms with Crippen molar-refractivity contribution in [1.29, 1.82) is 0 Å². The number of unbranched alkanes of at least 4 members (excludes halogenated alkanes) is 22. The van der Waals surface area contributed by atoms with Crippen molar-refractivity contribution in [3.63, 3.8) is 0 Å². The zero-order valence-electron chi connectivity index (χ0n) is 27.3. The van der Waals surface area contributed by atoms with Gasteiger partial charge in [0, 0.05) is 12.8 Å². The van der Waals surface area contributed by atoms with Crippen LogP contribution in [0.3, 0.4) is 0 Å². The molecule has 0 heterocycles. The van der Waals surface area contributed by atoms with E-state index in [0.29, 0.717) is 12.8 Å². The number of allylic oxidation sites excluding steroid dienone is 2. The predicted octanol–water partition coefficient (Wildman–Crippen LogP) is 10.6. The van der Waals surface area contributed by atoms with E-state index in [2.05, 4.69) is 26.0 Å². The zero-order chi connectivity index (χ0) is 30.1. The monoisotopic (exact) mass is 581 g/mol. The van der Waals surface area contributed by atoms with E-state index in [4.69, 9.17) is 9.47 Å². The molecule has 0 aliphatic carbocycles. The molecule has 0 unspecified atom stereocenters. The summed E-state index contributed by atoms with van der Waals surface area (Å²) in [7, 11) is 0. The molecule has 0 radical (unpaired) electrons. The quantitative estimate of drug-likeness (QED) is 0.0487. The first-order valence-corrected chi connectivity index (χ1v) is 17.7. The molecule has 0 bridgehead atoms. The first-order valence-electron chi connectivity index (χ1n) is 17.7. The third kappa shape index (κ3) is 31.4. The first-order chi connectivity index (χ1) is 20.1. The Bertz CT molecular complexity index is 589. The van der Waals surface area contributed by atoms with Crippen LogP contribution in [0.2, 0.25) is 0 Å². The topological polar surface area (TPSA) is 72.8 Å². The van der Waals surface area contributed by atoms with Crippen molar-refractivity contribution in [1.82, 2.24) is 0 Å². The van der Waals surface area contributed by atoms with E-state index in [1.807, 2.05) is 0 Å². The Morgan fingerprint density at radius 2 is 0.902 bits per heavy atom. The Balaban J connectivity index is 3.51. The van der Waals surface area contributed by atoms with Crippen molar-refractivity contribution in [3.05, 3.63) is 12.2 Å². The van der Waals surface area contributed by atoms with Gasteiger partial charge in [-0.05, 0) is 38.5 Å². The molecule has 0 saturated heterocycles. The molecule has 0 aromatic heterocycles. The summed E-state index contributed by atoms with van der Waals surface area (Å²) >= 11 is 0. The van der Waals surface area contributed by atoms with Gasteiger partial charge in [-0.1, -0.05) is 148 Å². The van der Waals surface area contributed by atoms with Gasteiger partial charge in [0.1, 0.15) is 6.61 Å². The number of esters is 2. The van der Waals surface area contributed by atoms with E-state index in [-0.39, 0.29) is 25.2 Å². The molecule has 0 aromatic carbocycles. The van der Waals surface area contributed by atoms with E-state index >= 15 is 0 Å². The van der Waals surface area contributed by atoms with Crippen LogP contribution in [0.1, 0.15) is 187 Å². The van der Waals surface area contributed by atoms with Gasteiger partial charge in [-0.2, -0.15) is 0 Å². The lowest BCUT2D eigenvalue weighted by Gasteiger charge is -2.15. The summed E-state index contributed by atoms with van der Waals surface area (Å²) in [6.45, 7) is 4.10. The van der Waals surface area contributed by atoms with Crippen molar-refractivity contribution in [2.45, 2.75) is 193 Å². The van der Waals surface area contributed by atoms with Crippen LogP contribution < -0.4 is 0 Å². The Labute approximate surface area is 254 Å². The minimum Gasteiger partial charge on any atom is -0.462 e. The first kappa shape index (κ1) is 39.6. The van der Waals surface area contributed by atoms with E-state index in [0.717, 1.165) is 38.5 Å². The maximum atomic E-state index is 12.1. The molecule has 41 heavy (non-hydrogen) atoms. The molecule has 242 valence electrons. The molecule has 1 atom stereocenters. The van der Waals surface area contributed by atoms with Gasteiger partial charge in [0.25, 0.3) is 0 Å². The van der Waals surface area contributed by atoms with Crippen LogP contribution in [-0.2, 0) is 19.1 Å². The second-order valence-electron chi connectivity index (χ2n) is 12.0. The fraction of sp³-hybridized carbons (Fsp3) is 0.889. The minimum absolute atomic E-state index is 0.0619. The lowest BCUT2D eigenvalue weighted by atomic mass is 10.1. The van der Waals surface area contributed by atoms with Crippen molar-refractivity contribution in [2.24, 2.45) is 0 Å². The standard InChI is InChI=1S/C36H68O5/c1-3-5-7-9-11-13-14-15-16-17-18-19-20-21-22-23-25-27-29-31-36(39)41-34(32-37)33-40-35(38)30-28-26-24-12-10-8-6-4-2/h15-16,34,37H,3-14,17-33H2,1-2H3/b16-15+/t34-/m0/s1. The molecule has 1 N–H and O–H groups in total. The van der Waals surface area contributed by atoms with Gasteiger partial charge in [-0.25, -0.2) is 0 Å². The summed E-state index contributed by atoms with van der Waals surface area (Å²) in [5.74, 6) is -0.592. The number of hydrogen-bond donors (Lipinski definition) is 1. The molecule has 5 nitrogen and oxygen atoms in total. The van der Waals surface area contributed by atoms with Crippen molar-refractivity contribution >= 4 is 11.9 Å². The third-order valence-electron chi connectivity index (χ3n) is 7.81. The molecule has 0 rings (SSSR count). The fourth-order valence-electron chi connectivity index (χ4n) is 5.08. The van der Waals surface area contributed by atoms with E-state index in [9.17, 15) is 14.7 Å². The molecular formula is C36H68O5. The number of carbonyl (C=O) groups excluding carboxylic acids is 2. The smallest absolute Gasteiger partial charge is 0.306 e. The van der Waals surface area contributed by atoms with Gasteiger partial charge in [-0.15, -0.1) is 0 Å². The fourth-order valence-corrected chi connectivity index (χ4v) is 5.08. The molecule has 0 saturated carbocycles. The summed E-state index contributed by atoms with van der Waals surface area (Å²) in [5, 5.41) is 9.49. The molecule has 0 aromatic rings. The van der Waals surface area contributed by atoms with Gasteiger partial charge in [0.05, 0.1) is 6.61 Å². The summed E-state index contributed by atoms with van der Waals surface area (Å²) < 4.78 is 10.5. The normalized spacial score (nSPS) is 12.2. The summed E-state index contributed by atoms with van der Waals surface area (Å²) in [5.41, 5.74) is 0. The second kappa shape index (κ2) is 33.1. The van der Waals surface area contributed by atoms with Crippen LogP contribution in [0.25, 0.3) is 0 Å². The van der Waals surface area contributed by atoms with Crippen LogP contribution >= 0.6 is 0 Å². The number of rotatable bonds is 32. The highest BCUT2D eigenvalue weighted by molar-refractivity contribution is 5.70. The van der Waals surface area contributed by atoms with Crippen molar-refractivity contribution in [3.8, 4) is 0 Å². The predicted molar refractivity (Wildman–Crippen MR) is 173 cm³/mol. The number of ether oxygens (including phenoxy) is 2. The molecule has 0 fully saturated rings. The SMILES string of the molecule is CCCCCCCC/C=C/CCCCCCCCCCCC(=O)O[C@@H](CO)COC(=O)CCCCCCCCCC. The Hall–Kier alpha value is -1.36. The molecule has 0 aliphatic heterocycles. The van der Waals surface area contributed by atoms with Crippen molar-refractivity contribution in [2.75, 3.05) is 13.2 Å². The van der Waals surface area contributed by atoms with Crippen LogP contribution in [0.15, 0.2) is 12.2 Å². The van der Waals surface area contributed by atoms with Gasteiger partial charge < -0.3 is 14.6 Å². The van der Waals surface area contributed by atoms with Gasteiger partial charge in [0.15, 0.2) is 6.10 Å². The van der Waals surface area contributed by atoms with Crippen LogP contribution in [0.4, 0.5) is 0 Å². The van der Waals surface area contributed by atoms with E-state index in [1.165, 1.54) is 122 Å². The van der Waals surface area contributed by atoms with Crippen LogP contribution in [0, 0.1) is 0 Å². The average Bonchev–Trinajstić information content (AvgIpc) is 2.97. The molecular weight excluding hydrogens is 512 g/mol. The van der Waals surface area contributed by atoms with E-state index in [1.54, 1.807) is 0 Å². The van der Waals surface area contributed by atoms with Gasteiger partial charge in [0.2, 0.25) is 0 Å². The highest BCUT2D eigenvalue weighted by atomic mass is 16.6. The van der Waals surface area contributed by atoms with Crippen LogP contribution in [0.5, 0.6) is 0 Å². The van der Waals surface area contributed by atoms with Crippen LogP contribution in [-0.4, -0.2) is 36.4 Å². The number of aliphatic hydroxyl groups excluding tert-OH is 1. The lowest BCUT2D eigenvalue weighted by molar-refractivity contribution is -0.161. The van der Waals surface area contributed by atoms with Crippen molar-refractivity contribution < 1.29 is 24.2 Å². The Morgan fingerprint density at radius 3 is 1.32 bits per heavy atom. The molecule has 0 amide bonds. The summed E-state index contributed by atoms with van der Waals surface area (Å²) in [6.07, 6.45) is 35.6. The number of carbonyl (C=O) groups is 2. The van der Waals surface area contributed by atoms with E-state index < -0.39 is 6.10 Å². The lowest BCUT2D eigenvalue weighted by Crippen LogP contribution is -2.28. The Morgan fingerprint density at radius 1 is 0.537 bits per heavy atom. The highest BCUT2D eigenvalue weighted by Gasteiger charge is 2.16. The number of hydrogen-bond acceptors (Lipinski definition) is 5. The maximum absolute atomic E-state index is 12.1. The molecule has 5 heteroatoms. The molecule has 0 aliphatic rings. The molecule has 0 spiro atoms.